The highest BCUT2D eigenvalue weighted by atomic mass is 16.3. The summed E-state index contributed by atoms with van der Waals surface area (Å²) in [6, 6.07) is 92.4. The first-order valence-corrected chi connectivity index (χ1v) is 42.1. The molecule has 0 fully saturated rings. The maximum atomic E-state index is 7.61. The molecule has 0 aliphatic carbocycles. The minimum Gasteiger partial charge on any atom is -0.456 e. The van der Waals surface area contributed by atoms with Gasteiger partial charge in [0.1, 0.15) is 67.1 Å². The standard InChI is InChI=1S/2C22H11N4O.3C22H13N4/c1-23-15-7-14-12-25-11-13-8-17-16-5-3-4-6-20(16)27-21(17)10-19(13)26(25)22(14)18(9-15)24-2;1-23-15-9-14-12-25-11-13-7-8-17-16-5-3-4-6-19(16)27-22(17)21(13)26(25)20(14)18(10-15)24-2;1-23-18-11-17-14-25-13-16-9-6-10-19(15-7-4-3-5-8-15)21(16)26(25)22(17)20(12-18)24-2;1-23-19-10-18-14-25-13-17-9-8-16(15-6-4-3-5-7-15)11-21(17)26(25)22(18)20(12-19)24-2;1-23-19-11-18-14-25-13-17-10-16(15-6-4-3-5-7-15)8-9-21(17)26(25)22(18)20(12-19)24-2/h2*3-10,12H,11H2;3*3-12,14H,13H2/q5*+1. The smallest absolute Gasteiger partial charge is 0.207 e. The summed E-state index contributed by atoms with van der Waals surface area (Å²) < 4.78 is 33.3. The van der Waals surface area contributed by atoms with Gasteiger partial charge in [0.2, 0.25) is 59.4 Å². The Balaban J connectivity index is 0.0000000936. The Hall–Kier alpha value is -19.8. The van der Waals surface area contributed by atoms with Crippen LogP contribution in [0.5, 0.6) is 0 Å². The van der Waals surface area contributed by atoms with Crippen molar-refractivity contribution in [1.82, 2.24) is 23.4 Å². The molecule has 22 aromatic rings. The fraction of sp³-hybridized carbons (Fsp3) is 0.0455. The summed E-state index contributed by atoms with van der Waals surface area (Å²) in [4.78, 5) is 35.9. The third kappa shape index (κ3) is 12.3. The van der Waals surface area contributed by atoms with Crippen LogP contribution in [0, 0.1) is 65.7 Å². The van der Waals surface area contributed by atoms with E-state index < -0.39 is 0 Å². The molecule has 0 spiro atoms. The molecule has 0 radical (unpaired) electrons. The highest BCUT2D eigenvalue weighted by molar-refractivity contribution is 6.10. The lowest BCUT2D eigenvalue weighted by Gasteiger charge is -2.08. The van der Waals surface area contributed by atoms with E-state index in [4.69, 9.17) is 74.6 Å². The van der Waals surface area contributed by atoms with Crippen LogP contribution in [-0.4, -0.2) is 23.4 Å². The second-order valence-corrected chi connectivity index (χ2v) is 32.5. The van der Waals surface area contributed by atoms with Crippen LogP contribution in [0.4, 0.5) is 56.9 Å². The highest BCUT2D eigenvalue weighted by Crippen LogP contribution is 2.46. The van der Waals surface area contributed by atoms with Gasteiger partial charge in [-0.2, -0.15) is 0 Å². The van der Waals surface area contributed by atoms with Crippen molar-refractivity contribution in [3.8, 4) is 61.8 Å². The zero-order valence-corrected chi connectivity index (χ0v) is 69.7. The van der Waals surface area contributed by atoms with E-state index in [-0.39, 0.29) is 0 Å². The van der Waals surface area contributed by atoms with Gasteiger partial charge in [0, 0.05) is 82.4 Å². The van der Waals surface area contributed by atoms with Gasteiger partial charge in [-0.3, -0.25) is 0 Å². The van der Waals surface area contributed by atoms with Crippen LogP contribution in [0.2, 0.25) is 0 Å². The predicted octanol–water partition coefficient (Wildman–Crippen LogP) is 25.7. The molecular weight excluding hydrogens is 1630 g/mol. The number of rotatable bonds is 3. The summed E-state index contributed by atoms with van der Waals surface area (Å²) in [5, 5.41) is 8.98. The van der Waals surface area contributed by atoms with E-state index in [0.717, 1.165) is 175 Å². The van der Waals surface area contributed by atoms with E-state index in [1.165, 1.54) is 38.9 Å². The Bertz CT molecular complexity index is 9350. The Kier molecular flexibility index (Phi) is 17.8. The van der Waals surface area contributed by atoms with Crippen molar-refractivity contribution < 1.29 is 32.2 Å². The normalized spacial score (nSPS) is 11.9. The molecule has 608 valence electrons. The fourth-order valence-electron chi connectivity index (χ4n) is 19.5. The molecule has 0 bridgehead atoms. The van der Waals surface area contributed by atoms with Crippen molar-refractivity contribution in [2.75, 3.05) is 0 Å². The molecule has 0 saturated heterocycles. The molecule has 0 saturated carbocycles. The first-order valence-electron chi connectivity index (χ1n) is 42.1. The third-order valence-corrected chi connectivity index (χ3v) is 25.1. The topological polar surface area (TPSA) is 114 Å². The summed E-state index contributed by atoms with van der Waals surface area (Å²) in [5.41, 5.74) is 31.1. The summed E-state index contributed by atoms with van der Waals surface area (Å²) in [6.07, 6.45) is 10.1. The van der Waals surface area contributed by atoms with Gasteiger partial charge in [-0.05, 0) is 143 Å². The van der Waals surface area contributed by atoms with Gasteiger partial charge < -0.3 is 8.83 Å². The van der Waals surface area contributed by atoms with Crippen LogP contribution in [0.25, 0.3) is 209 Å². The number of aromatic nitrogens is 10. The fourth-order valence-corrected chi connectivity index (χ4v) is 19.5. The maximum absolute atomic E-state index is 7.61. The van der Waals surface area contributed by atoms with Crippen LogP contribution in [0.1, 0.15) is 27.8 Å². The molecule has 5 aliphatic rings. The molecule has 22 nitrogen and oxygen atoms in total. The molecule has 0 amide bonds. The Morgan fingerprint density at radius 1 is 0.227 bits per heavy atom. The third-order valence-electron chi connectivity index (χ3n) is 25.1. The zero-order chi connectivity index (χ0) is 89.3. The zero-order valence-electron chi connectivity index (χ0n) is 69.7. The number of benzene rings is 15. The molecule has 0 N–H and O–H groups in total. The van der Waals surface area contributed by atoms with Gasteiger partial charge in [0.25, 0.3) is 0 Å². The lowest BCUT2D eigenvalue weighted by atomic mass is 10.0. The summed E-state index contributed by atoms with van der Waals surface area (Å²) in [6.45, 7) is 77.9. The van der Waals surface area contributed by atoms with E-state index in [1.54, 1.807) is 30.3 Å². The van der Waals surface area contributed by atoms with Gasteiger partial charge in [0.05, 0.1) is 71.3 Å². The summed E-state index contributed by atoms with van der Waals surface area (Å²) >= 11 is 0. The highest BCUT2D eigenvalue weighted by Gasteiger charge is 2.38. The van der Waals surface area contributed by atoms with Crippen LogP contribution >= 0.6 is 0 Å². The van der Waals surface area contributed by atoms with E-state index in [1.807, 2.05) is 152 Å². The van der Waals surface area contributed by atoms with Crippen molar-refractivity contribution in [3.63, 3.8) is 0 Å². The first-order chi connectivity index (χ1) is 64.9. The number of hydrogen-bond acceptors (Lipinski definition) is 2. The number of nitrogens with zero attached hydrogens (tertiary/aromatic N) is 20. The van der Waals surface area contributed by atoms with Crippen molar-refractivity contribution in [2.24, 2.45) is 0 Å². The molecular formula is C110H61N20O2+5. The van der Waals surface area contributed by atoms with Gasteiger partial charge in [0.15, 0.2) is 72.4 Å². The van der Waals surface area contributed by atoms with Gasteiger partial charge >= 0.3 is 0 Å². The lowest BCUT2D eigenvalue weighted by Crippen LogP contribution is -2.36. The van der Waals surface area contributed by atoms with E-state index in [2.05, 4.69) is 223 Å². The second-order valence-electron chi connectivity index (χ2n) is 32.5. The first kappa shape index (κ1) is 77.0. The molecule has 15 aromatic carbocycles. The molecule has 0 unspecified atom stereocenters. The minimum absolute atomic E-state index is 0.484. The number of hydrogen-bond donors (Lipinski definition) is 0. The predicted molar refractivity (Wildman–Crippen MR) is 506 cm³/mol. The van der Waals surface area contributed by atoms with Crippen molar-refractivity contribution in [2.45, 2.75) is 32.7 Å². The lowest BCUT2D eigenvalue weighted by molar-refractivity contribution is -0.749. The number of fused-ring (bicyclic) bond motifs is 32. The largest absolute Gasteiger partial charge is 0.456 e. The SMILES string of the molecule is [C-]#[N+]c1cc([N+]#[C-])c2c(c1)c[n+]1n2-c2c(ccc3c2oc2ccccc23)C1.[C-]#[N+]c1cc([N+]#[C-])c2c(c1)c[n+]1n2-c2c(cccc2-c2ccccc2)C1.[C-]#[N+]c1cc([N+]#[C-])c2c(c1)c[n+]1n2-c2cc(-c3ccccc3)ccc2C1.[C-]#[N+]c1cc([N+]#[C-])c2c(c1)c[n+]1n2-c2cc3oc4ccccc4c3cc2C1.[C-]#[N+]c1cc([N+]#[C-])c2c(c1)c[n+]1n2-c2ccc(-c3ccccc3)cc2C1. The molecule has 0 atom stereocenters. The van der Waals surface area contributed by atoms with Gasteiger partial charge in [-0.15, -0.1) is 46.8 Å². The number of furan rings is 2. The van der Waals surface area contributed by atoms with Crippen molar-refractivity contribution in [3.05, 3.63) is 452 Å². The van der Waals surface area contributed by atoms with E-state index >= 15 is 0 Å². The van der Waals surface area contributed by atoms with Gasteiger partial charge in [-0.1, -0.05) is 158 Å². The molecule has 12 heterocycles. The summed E-state index contributed by atoms with van der Waals surface area (Å²) in [7, 11) is 0. The Labute approximate surface area is 752 Å². The van der Waals surface area contributed by atoms with E-state index in [0.29, 0.717) is 63.4 Å². The second kappa shape index (κ2) is 30.5. The maximum Gasteiger partial charge on any atom is 0.207 e. The number of para-hydroxylation sites is 3. The van der Waals surface area contributed by atoms with Crippen LogP contribution in [-0.2, 0) is 32.7 Å². The average Bonchev–Trinajstić information content (AvgIpc) is 1.56. The van der Waals surface area contributed by atoms with Crippen molar-refractivity contribution in [1.29, 1.82) is 0 Å². The molecule has 27 rings (SSSR count). The molecule has 7 aromatic heterocycles. The van der Waals surface area contributed by atoms with Crippen molar-refractivity contribution >= 4 is 155 Å². The van der Waals surface area contributed by atoms with Crippen LogP contribution < -0.4 is 23.4 Å². The van der Waals surface area contributed by atoms with Gasteiger partial charge in [-0.25, -0.2) is 48.5 Å². The molecule has 5 aliphatic heterocycles. The van der Waals surface area contributed by atoms with Crippen LogP contribution in [0.3, 0.4) is 0 Å². The average molecular weight is 1690 g/mol. The molecule has 132 heavy (non-hydrogen) atoms. The Morgan fingerprint density at radius 3 is 1.07 bits per heavy atom. The monoisotopic (exact) mass is 1690 g/mol. The van der Waals surface area contributed by atoms with E-state index in [9.17, 15) is 0 Å². The quantitative estimate of drug-likeness (QED) is 0.130. The molecule has 22 heteroatoms. The Morgan fingerprint density at radius 2 is 0.591 bits per heavy atom. The minimum atomic E-state index is 0.484. The summed E-state index contributed by atoms with van der Waals surface area (Å²) in [5.74, 6) is 0. The van der Waals surface area contributed by atoms with Crippen LogP contribution in [0.15, 0.2) is 319 Å².